The highest BCUT2D eigenvalue weighted by Gasteiger charge is 2.17. The average Bonchev–Trinajstić information content (AvgIpc) is 3.38. The lowest BCUT2D eigenvalue weighted by atomic mass is 9.87. The van der Waals surface area contributed by atoms with E-state index in [1.807, 2.05) is 36.7 Å². The largest absolute Gasteiger partial charge is 0.264 e. The molecule has 0 amide bonds. The summed E-state index contributed by atoms with van der Waals surface area (Å²) in [5.74, 6) is 0.644. The molecule has 3 aromatic heterocycles. The van der Waals surface area contributed by atoms with Gasteiger partial charge in [-0.05, 0) is 129 Å². The molecule has 0 unspecified atom stereocenters. The molecule has 0 fully saturated rings. The highest BCUT2D eigenvalue weighted by molar-refractivity contribution is 6.36. The first kappa shape index (κ1) is 36.1. The third-order valence-corrected chi connectivity index (χ3v) is 12.9. The summed E-state index contributed by atoms with van der Waals surface area (Å²) in [6, 6.07) is 72.3. The van der Waals surface area contributed by atoms with Crippen LogP contribution in [0.1, 0.15) is 0 Å². The van der Waals surface area contributed by atoms with Gasteiger partial charge in [-0.15, -0.1) is 0 Å². The van der Waals surface area contributed by atoms with Crippen LogP contribution >= 0.6 is 0 Å². The van der Waals surface area contributed by atoms with Crippen molar-refractivity contribution in [1.29, 1.82) is 0 Å². The molecule has 0 saturated carbocycles. The smallest absolute Gasteiger partial charge is 0.160 e. The molecule has 13 rings (SSSR count). The molecular formula is C60H36N4. The molecule has 0 atom stereocenters. The molecule has 296 valence electrons. The van der Waals surface area contributed by atoms with E-state index in [0.29, 0.717) is 5.82 Å². The Morgan fingerprint density at radius 3 is 1.50 bits per heavy atom. The summed E-state index contributed by atoms with van der Waals surface area (Å²) in [4.78, 5) is 19.8. The second-order valence-electron chi connectivity index (χ2n) is 16.6. The van der Waals surface area contributed by atoms with Crippen LogP contribution in [0.25, 0.3) is 131 Å². The fourth-order valence-electron chi connectivity index (χ4n) is 10.0. The van der Waals surface area contributed by atoms with E-state index in [2.05, 4.69) is 181 Å². The summed E-state index contributed by atoms with van der Waals surface area (Å²) in [6.07, 6.45) is 5.52. The Balaban J connectivity index is 1.18. The molecular weight excluding hydrogens is 777 g/mol. The molecule has 10 aromatic carbocycles. The Hall–Kier alpha value is -8.60. The number of hydrogen-bond acceptors (Lipinski definition) is 4. The van der Waals surface area contributed by atoms with Crippen LogP contribution in [0.4, 0.5) is 0 Å². The van der Waals surface area contributed by atoms with Crippen LogP contribution in [0.2, 0.25) is 0 Å². The Morgan fingerprint density at radius 2 is 0.828 bits per heavy atom. The third kappa shape index (κ3) is 5.77. The molecule has 4 nitrogen and oxygen atoms in total. The lowest BCUT2D eigenvalue weighted by Crippen LogP contribution is -1.96. The van der Waals surface area contributed by atoms with Crippen molar-refractivity contribution in [2.45, 2.75) is 0 Å². The number of pyridine rings is 2. The van der Waals surface area contributed by atoms with Gasteiger partial charge in [0.05, 0.1) is 17.1 Å². The summed E-state index contributed by atoms with van der Waals surface area (Å²) < 4.78 is 0. The van der Waals surface area contributed by atoms with Crippen molar-refractivity contribution < 1.29 is 0 Å². The molecule has 0 aliphatic carbocycles. The van der Waals surface area contributed by atoms with E-state index in [9.17, 15) is 0 Å². The number of hydrogen-bond donors (Lipinski definition) is 0. The van der Waals surface area contributed by atoms with Crippen molar-refractivity contribution in [3.05, 3.63) is 219 Å². The van der Waals surface area contributed by atoms with Gasteiger partial charge in [-0.1, -0.05) is 158 Å². The number of benzene rings is 9. The van der Waals surface area contributed by atoms with Gasteiger partial charge in [0, 0.05) is 40.8 Å². The molecule has 0 spiro atoms. The highest BCUT2D eigenvalue weighted by atomic mass is 14.9. The highest BCUT2D eigenvalue weighted by Crippen LogP contribution is 2.44. The van der Waals surface area contributed by atoms with Crippen LogP contribution in [-0.4, -0.2) is 19.9 Å². The molecule has 0 aliphatic rings. The second kappa shape index (κ2) is 14.5. The van der Waals surface area contributed by atoms with Gasteiger partial charge in [0.15, 0.2) is 5.82 Å². The Morgan fingerprint density at radius 1 is 0.266 bits per heavy atom. The maximum Gasteiger partial charge on any atom is 0.160 e. The SMILES string of the molecule is c1ccc(-c2cc(-c3ccc(-c4cccnc4)nc3)nc(-c3ccc4c5ccccc5c5ccccc5c5ccccc5c5c(cc6ccc7cccc8ccc5c6c78)c4c3)n2)cc1. The molecule has 4 heteroatoms. The predicted octanol–water partition coefficient (Wildman–Crippen LogP) is 15.7. The van der Waals surface area contributed by atoms with Crippen LogP contribution in [-0.2, 0) is 0 Å². The van der Waals surface area contributed by atoms with Gasteiger partial charge >= 0.3 is 0 Å². The van der Waals surface area contributed by atoms with Gasteiger partial charge in [-0.3, -0.25) is 9.97 Å². The quantitative estimate of drug-likeness (QED) is 0.166. The van der Waals surface area contributed by atoms with Gasteiger partial charge in [0.25, 0.3) is 0 Å². The van der Waals surface area contributed by atoms with Crippen molar-refractivity contribution in [2.24, 2.45) is 0 Å². The van der Waals surface area contributed by atoms with E-state index in [-0.39, 0.29) is 0 Å². The zero-order valence-corrected chi connectivity index (χ0v) is 34.6. The van der Waals surface area contributed by atoms with Crippen LogP contribution in [0, 0.1) is 0 Å². The van der Waals surface area contributed by atoms with Gasteiger partial charge in [-0.2, -0.15) is 0 Å². The summed E-state index contributed by atoms with van der Waals surface area (Å²) in [5.41, 5.74) is 6.32. The minimum absolute atomic E-state index is 0.644. The first-order valence-electron chi connectivity index (χ1n) is 21.7. The number of rotatable bonds is 4. The minimum Gasteiger partial charge on any atom is -0.264 e. The van der Waals surface area contributed by atoms with Crippen LogP contribution < -0.4 is 0 Å². The van der Waals surface area contributed by atoms with E-state index in [4.69, 9.17) is 15.0 Å². The normalized spacial score (nSPS) is 11.8. The molecule has 0 saturated heterocycles. The molecule has 0 aliphatic heterocycles. The fourth-order valence-corrected chi connectivity index (χ4v) is 10.0. The van der Waals surface area contributed by atoms with Crippen LogP contribution in [0.15, 0.2) is 219 Å². The van der Waals surface area contributed by atoms with E-state index >= 15 is 0 Å². The summed E-state index contributed by atoms with van der Waals surface area (Å²) in [7, 11) is 0. The molecule has 13 aromatic rings. The van der Waals surface area contributed by atoms with Gasteiger partial charge in [0.2, 0.25) is 0 Å². The third-order valence-electron chi connectivity index (χ3n) is 12.9. The second-order valence-corrected chi connectivity index (χ2v) is 16.6. The molecule has 0 N–H and O–H groups in total. The number of aromatic nitrogens is 4. The van der Waals surface area contributed by atoms with Crippen molar-refractivity contribution in [3.63, 3.8) is 0 Å². The van der Waals surface area contributed by atoms with Crippen LogP contribution in [0.3, 0.4) is 0 Å². The standard InChI is InChI=1S/C60H36N4/c1-2-12-37(13-3-1)55-34-56(43-27-30-54(62-36-43)42-16-11-31-61-35-42)64-60(63-55)41-26-28-49-47-20-7-5-18-45(47)44-17-4-6-19-46(44)48-21-8-9-22-50(48)59-51-29-25-39-15-10-14-38-23-24-40(58(51)57(38)39)32-53(59)52(49)33-41/h1-36H. The zero-order valence-electron chi connectivity index (χ0n) is 34.6. The Labute approximate surface area is 368 Å². The van der Waals surface area contributed by atoms with Crippen molar-refractivity contribution in [1.82, 2.24) is 19.9 Å². The molecule has 0 bridgehead atoms. The van der Waals surface area contributed by atoms with Gasteiger partial charge in [0.1, 0.15) is 0 Å². The van der Waals surface area contributed by atoms with Crippen LogP contribution in [0.5, 0.6) is 0 Å². The summed E-state index contributed by atoms with van der Waals surface area (Å²) >= 11 is 0. The maximum atomic E-state index is 5.34. The first-order valence-corrected chi connectivity index (χ1v) is 21.7. The Bertz CT molecular complexity index is 4040. The lowest BCUT2D eigenvalue weighted by molar-refractivity contribution is 1.18. The Kier molecular flexibility index (Phi) is 8.18. The minimum atomic E-state index is 0.644. The van der Waals surface area contributed by atoms with Crippen molar-refractivity contribution in [2.75, 3.05) is 0 Å². The monoisotopic (exact) mass is 812 g/mol. The first-order chi connectivity index (χ1) is 31.7. The molecule has 64 heavy (non-hydrogen) atoms. The van der Waals surface area contributed by atoms with Crippen molar-refractivity contribution in [3.8, 4) is 45.2 Å². The zero-order chi connectivity index (χ0) is 42.1. The maximum absolute atomic E-state index is 5.34. The molecule has 0 radical (unpaired) electrons. The van der Waals surface area contributed by atoms with E-state index in [1.165, 1.54) is 75.4 Å². The lowest BCUT2D eigenvalue weighted by Gasteiger charge is -2.16. The summed E-state index contributed by atoms with van der Waals surface area (Å²) in [5, 5.41) is 19.4. The fraction of sp³-hybridized carbons (Fsp3) is 0. The summed E-state index contributed by atoms with van der Waals surface area (Å²) in [6.45, 7) is 0. The van der Waals surface area contributed by atoms with E-state index < -0.39 is 0 Å². The van der Waals surface area contributed by atoms with E-state index in [0.717, 1.165) is 50.1 Å². The number of nitrogens with zero attached hydrogens (tertiary/aromatic N) is 4. The van der Waals surface area contributed by atoms with Gasteiger partial charge in [-0.25, -0.2) is 9.97 Å². The topological polar surface area (TPSA) is 51.6 Å². The predicted molar refractivity (Wildman–Crippen MR) is 268 cm³/mol. The van der Waals surface area contributed by atoms with E-state index in [1.54, 1.807) is 6.20 Å². The van der Waals surface area contributed by atoms with Gasteiger partial charge < -0.3 is 0 Å². The molecule has 3 heterocycles. The number of fused-ring (bicyclic) bond motifs is 11. The van der Waals surface area contributed by atoms with Crippen molar-refractivity contribution >= 4 is 86.2 Å². The average molecular weight is 813 g/mol.